The molecule has 0 aliphatic carbocycles. The van der Waals surface area contributed by atoms with Gasteiger partial charge < -0.3 is 0 Å². The minimum absolute atomic E-state index is 0.236. The summed E-state index contributed by atoms with van der Waals surface area (Å²) in [6.07, 6.45) is 0.0580. The normalized spacial score (nSPS) is 11.4. The van der Waals surface area contributed by atoms with E-state index in [1.165, 1.54) is 0 Å². The molecule has 1 aromatic rings. The van der Waals surface area contributed by atoms with Crippen LogP contribution in [0.1, 0.15) is 12.0 Å². The van der Waals surface area contributed by atoms with Crippen molar-refractivity contribution in [2.24, 2.45) is 0 Å². The molecule has 1 rings (SSSR count). The van der Waals surface area contributed by atoms with Crippen molar-refractivity contribution in [3.05, 3.63) is 35.9 Å². The van der Waals surface area contributed by atoms with Crippen LogP contribution in [0.4, 0.5) is 8.78 Å². The molecule has 0 aromatic heterocycles. The van der Waals surface area contributed by atoms with Gasteiger partial charge in [0, 0.05) is 6.42 Å². The maximum atomic E-state index is 12.2. The summed E-state index contributed by atoms with van der Waals surface area (Å²) in [5.41, 5.74) is 0.849. The number of alkyl halides is 3. The Hall–Kier alpha value is -0.960. The van der Waals surface area contributed by atoms with E-state index in [1.54, 1.807) is 24.3 Å². The highest BCUT2D eigenvalue weighted by Gasteiger charge is 2.34. The molecule has 0 aliphatic heterocycles. The number of hydrogen-bond acceptors (Lipinski definition) is 1. The van der Waals surface area contributed by atoms with E-state index in [1.807, 2.05) is 6.07 Å². The van der Waals surface area contributed by atoms with Gasteiger partial charge in [0.25, 0.3) is 0 Å². The first-order valence-corrected chi connectivity index (χ1v) is 4.52. The summed E-state index contributed by atoms with van der Waals surface area (Å²) < 4.78 is 24.5. The SMILES string of the molecule is O=C(CCc1ccccc1)C(F)(F)Cl. The second-order valence-corrected chi connectivity index (χ2v) is 3.38. The molecule has 0 saturated heterocycles. The third kappa shape index (κ3) is 3.42. The predicted molar refractivity (Wildman–Crippen MR) is 50.6 cm³/mol. The van der Waals surface area contributed by atoms with E-state index in [4.69, 9.17) is 0 Å². The fourth-order valence-electron chi connectivity index (χ4n) is 1.04. The molecule has 0 unspecified atom stereocenters. The largest absolute Gasteiger partial charge is 0.380 e. The van der Waals surface area contributed by atoms with Crippen LogP contribution in [0.25, 0.3) is 0 Å². The number of Topliss-reactive ketones (excluding diaryl/α,β-unsaturated/α-hetero) is 1. The van der Waals surface area contributed by atoms with Gasteiger partial charge in [0.05, 0.1) is 0 Å². The van der Waals surface area contributed by atoms with E-state index in [-0.39, 0.29) is 6.42 Å². The van der Waals surface area contributed by atoms with Crippen molar-refractivity contribution in [3.63, 3.8) is 0 Å². The first kappa shape index (κ1) is 11.1. The lowest BCUT2D eigenvalue weighted by Gasteiger charge is -2.05. The van der Waals surface area contributed by atoms with E-state index in [2.05, 4.69) is 11.6 Å². The second kappa shape index (κ2) is 4.51. The smallest absolute Gasteiger partial charge is 0.291 e. The summed E-state index contributed by atoms with van der Waals surface area (Å²) in [6, 6.07) is 8.96. The lowest BCUT2D eigenvalue weighted by atomic mass is 10.1. The van der Waals surface area contributed by atoms with Gasteiger partial charge in [-0.05, 0) is 23.6 Å². The van der Waals surface area contributed by atoms with Crippen molar-refractivity contribution in [3.8, 4) is 0 Å². The maximum Gasteiger partial charge on any atom is 0.380 e. The number of hydrogen-bond donors (Lipinski definition) is 0. The van der Waals surface area contributed by atoms with Gasteiger partial charge in [0.15, 0.2) is 0 Å². The van der Waals surface area contributed by atoms with E-state index in [0.29, 0.717) is 6.42 Å². The van der Waals surface area contributed by atoms with E-state index < -0.39 is 11.2 Å². The Kier molecular flexibility index (Phi) is 3.58. The monoisotopic (exact) mass is 218 g/mol. The second-order valence-electron chi connectivity index (χ2n) is 2.91. The van der Waals surface area contributed by atoms with Gasteiger partial charge in [-0.3, -0.25) is 4.79 Å². The fourth-order valence-corrected chi connectivity index (χ4v) is 1.14. The first-order chi connectivity index (χ1) is 6.50. The van der Waals surface area contributed by atoms with Crippen molar-refractivity contribution in [2.75, 3.05) is 0 Å². The molecule has 0 saturated carbocycles. The molecule has 1 aromatic carbocycles. The Bertz CT molecular complexity index is 306. The van der Waals surface area contributed by atoms with Crippen LogP contribution in [0.2, 0.25) is 0 Å². The fraction of sp³-hybridized carbons (Fsp3) is 0.300. The van der Waals surface area contributed by atoms with Crippen LogP contribution in [0.15, 0.2) is 30.3 Å². The molecular formula is C10H9ClF2O. The maximum absolute atomic E-state index is 12.2. The Balaban J connectivity index is 2.46. The zero-order valence-electron chi connectivity index (χ0n) is 7.34. The molecular weight excluding hydrogens is 210 g/mol. The van der Waals surface area contributed by atoms with Gasteiger partial charge in [0.1, 0.15) is 0 Å². The molecule has 0 spiro atoms. The average molecular weight is 219 g/mol. The summed E-state index contributed by atoms with van der Waals surface area (Å²) in [4.78, 5) is 10.8. The lowest BCUT2D eigenvalue weighted by Crippen LogP contribution is -2.21. The van der Waals surface area contributed by atoms with Crippen LogP contribution < -0.4 is 0 Å². The zero-order chi connectivity index (χ0) is 10.6. The van der Waals surface area contributed by atoms with Crippen molar-refractivity contribution in [1.29, 1.82) is 0 Å². The van der Waals surface area contributed by atoms with Crippen molar-refractivity contribution < 1.29 is 13.6 Å². The van der Waals surface area contributed by atoms with Gasteiger partial charge in [-0.15, -0.1) is 0 Å². The molecule has 0 heterocycles. The Morgan fingerprint density at radius 1 is 1.29 bits per heavy atom. The van der Waals surface area contributed by atoms with E-state index in [0.717, 1.165) is 5.56 Å². The number of ketones is 1. The minimum atomic E-state index is -3.73. The molecule has 0 N–H and O–H groups in total. The molecule has 0 bridgehead atoms. The Morgan fingerprint density at radius 3 is 2.36 bits per heavy atom. The Labute approximate surface area is 85.7 Å². The summed E-state index contributed by atoms with van der Waals surface area (Å²) in [5.74, 6) is -1.23. The number of halogens is 3. The number of aryl methyl sites for hydroxylation is 1. The third-order valence-electron chi connectivity index (χ3n) is 1.80. The zero-order valence-corrected chi connectivity index (χ0v) is 8.10. The van der Waals surface area contributed by atoms with Crippen LogP contribution in [-0.2, 0) is 11.2 Å². The Morgan fingerprint density at radius 2 is 1.86 bits per heavy atom. The molecule has 0 radical (unpaired) electrons. The highest BCUT2D eigenvalue weighted by atomic mass is 35.5. The highest BCUT2D eigenvalue weighted by molar-refractivity contribution is 6.32. The van der Waals surface area contributed by atoms with Crippen LogP contribution in [-0.4, -0.2) is 11.2 Å². The van der Waals surface area contributed by atoms with E-state index >= 15 is 0 Å². The molecule has 4 heteroatoms. The quantitative estimate of drug-likeness (QED) is 0.710. The van der Waals surface area contributed by atoms with Gasteiger partial charge in [-0.25, -0.2) is 0 Å². The van der Waals surface area contributed by atoms with Crippen molar-refractivity contribution in [2.45, 2.75) is 18.2 Å². The highest BCUT2D eigenvalue weighted by Crippen LogP contribution is 2.22. The van der Waals surface area contributed by atoms with Crippen LogP contribution in [0.5, 0.6) is 0 Å². The van der Waals surface area contributed by atoms with Gasteiger partial charge in [-0.1, -0.05) is 30.3 Å². The minimum Gasteiger partial charge on any atom is -0.291 e. The molecule has 0 aliphatic rings. The lowest BCUT2D eigenvalue weighted by molar-refractivity contribution is -0.133. The molecule has 0 amide bonds. The first-order valence-electron chi connectivity index (χ1n) is 4.14. The van der Waals surface area contributed by atoms with Crippen LogP contribution in [0.3, 0.4) is 0 Å². The van der Waals surface area contributed by atoms with Crippen molar-refractivity contribution in [1.82, 2.24) is 0 Å². The molecule has 0 atom stereocenters. The number of rotatable bonds is 4. The molecule has 0 fully saturated rings. The van der Waals surface area contributed by atoms with Gasteiger partial charge >= 0.3 is 5.38 Å². The van der Waals surface area contributed by atoms with Gasteiger partial charge in [0.2, 0.25) is 5.78 Å². The summed E-state index contributed by atoms with van der Waals surface area (Å²) in [5, 5.41) is -3.73. The summed E-state index contributed by atoms with van der Waals surface area (Å²) in [7, 11) is 0. The molecule has 1 nitrogen and oxygen atoms in total. The number of carbonyl (C=O) groups is 1. The van der Waals surface area contributed by atoms with Crippen molar-refractivity contribution >= 4 is 17.4 Å². The number of carbonyl (C=O) groups excluding carboxylic acids is 1. The average Bonchev–Trinajstić information content (AvgIpc) is 2.14. The molecule has 76 valence electrons. The summed E-state index contributed by atoms with van der Waals surface area (Å²) in [6.45, 7) is 0. The summed E-state index contributed by atoms with van der Waals surface area (Å²) >= 11 is 4.57. The predicted octanol–water partition coefficient (Wildman–Crippen LogP) is 3.02. The third-order valence-corrected chi connectivity index (χ3v) is 2.01. The van der Waals surface area contributed by atoms with Crippen LogP contribution >= 0.6 is 11.6 Å². The topological polar surface area (TPSA) is 17.1 Å². The number of benzene rings is 1. The van der Waals surface area contributed by atoms with Crippen LogP contribution in [0, 0.1) is 0 Å². The van der Waals surface area contributed by atoms with E-state index in [9.17, 15) is 13.6 Å². The molecule has 14 heavy (non-hydrogen) atoms. The standard InChI is InChI=1S/C10H9ClF2O/c11-10(12,13)9(14)7-6-8-4-2-1-3-5-8/h1-5H,6-7H2. The van der Waals surface area contributed by atoms with Gasteiger partial charge in [-0.2, -0.15) is 8.78 Å².